The van der Waals surface area contributed by atoms with E-state index in [-0.39, 0.29) is 37.0 Å². The molecule has 166 valence electrons. The molecule has 1 aliphatic rings. The summed E-state index contributed by atoms with van der Waals surface area (Å²) in [5.41, 5.74) is 1.18. The third-order valence-corrected chi connectivity index (χ3v) is 7.08. The van der Waals surface area contributed by atoms with Crippen molar-refractivity contribution in [1.82, 2.24) is 9.21 Å². The molecule has 1 fully saturated rings. The number of ether oxygens (including phenoxy) is 2. The highest BCUT2D eigenvalue weighted by Crippen LogP contribution is 2.33. The Morgan fingerprint density at radius 3 is 2.39 bits per heavy atom. The summed E-state index contributed by atoms with van der Waals surface area (Å²) in [6.07, 6.45) is 2.20. The van der Waals surface area contributed by atoms with E-state index in [1.54, 1.807) is 23.1 Å². The number of hydrogen-bond donors (Lipinski definition) is 0. The lowest BCUT2D eigenvalue weighted by atomic mass is 10.0. The van der Waals surface area contributed by atoms with E-state index in [0.29, 0.717) is 23.5 Å². The van der Waals surface area contributed by atoms with Crippen molar-refractivity contribution in [2.24, 2.45) is 0 Å². The van der Waals surface area contributed by atoms with Gasteiger partial charge in [0.25, 0.3) is 5.91 Å². The second-order valence-electron chi connectivity index (χ2n) is 6.99. The molecule has 3 rings (SSSR count). The Balaban J connectivity index is 1.78. The lowest BCUT2D eigenvalue weighted by Gasteiger charge is -2.34. The first-order valence-electron chi connectivity index (χ1n) is 9.73. The van der Waals surface area contributed by atoms with Gasteiger partial charge in [-0.3, -0.25) is 4.79 Å². The van der Waals surface area contributed by atoms with E-state index in [1.807, 2.05) is 0 Å². The van der Waals surface area contributed by atoms with Crippen molar-refractivity contribution < 1.29 is 27.1 Å². The average Bonchev–Trinajstić information content (AvgIpc) is 2.78. The first kappa shape index (κ1) is 22.8. The predicted octanol–water partition coefficient (Wildman–Crippen LogP) is 2.72. The van der Waals surface area contributed by atoms with Crippen LogP contribution in [0, 0.1) is 5.82 Å². The van der Waals surface area contributed by atoms with Crippen molar-refractivity contribution in [3.05, 3.63) is 66.0 Å². The van der Waals surface area contributed by atoms with E-state index in [1.165, 1.54) is 36.7 Å². The fourth-order valence-corrected chi connectivity index (χ4v) is 5.07. The van der Waals surface area contributed by atoms with Gasteiger partial charge in [0.2, 0.25) is 10.0 Å². The third kappa shape index (κ3) is 4.57. The highest BCUT2D eigenvalue weighted by Gasteiger charge is 2.32. The number of methoxy groups -OCH3 is 2. The number of carbonyl (C=O) groups is 1. The summed E-state index contributed by atoms with van der Waals surface area (Å²) in [5.74, 6) is -0.0546. The lowest BCUT2D eigenvalue weighted by Crippen LogP contribution is -2.50. The molecule has 9 heteroatoms. The van der Waals surface area contributed by atoms with Crippen LogP contribution in [0.3, 0.4) is 0 Å². The molecule has 0 aliphatic carbocycles. The second kappa shape index (κ2) is 9.49. The zero-order valence-corrected chi connectivity index (χ0v) is 18.3. The van der Waals surface area contributed by atoms with Crippen LogP contribution in [0.5, 0.6) is 11.5 Å². The number of piperazine rings is 1. The molecule has 1 saturated heterocycles. The molecule has 2 aromatic carbocycles. The van der Waals surface area contributed by atoms with Crippen LogP contribution in [0.15, 0.2) is 53.9 Å². The fraction of sp³-hybridized carbons (Fsp3) is 0.318. The molecule has 1 heterocycles. The quantitative estimate of drug-likeness (QED) is 0.609. The second-order valence-corrected chi connectivity index (χ2v) is 8.90. The molecule has 0 bridgehead atoms. The summed E-state index contributed by atoms with van der Waals surface area (Å²) >= 11 is 0. The molecule has 0 radical (unpaired) electrons. The van der Waals surface area contributed by atoms with E-state index >= 15 is 0 Å². The normalized spacial score (nSPS) is 14.9. The van der Waals surface area contributed by atoms with E-state index < -0.39 is 15.8 Å². The summed E-state index contributed by atoms with van der Waals surface area (Å²) in [6, 6.07) is 8.61. The largest absolute Gasteiger partial charge is 0.493 e. The summed E-state index contributed by atoms with van der Waals surface area (Å²) in [4.78, 5) is 14.3. The number of allylic oxidation sites excluding steroid dienone is 1. The molecule has 0 spiro atoms. The molecular weight excluding hydrogens is 423 g/mol. The molecular formula is C22H25FN2O5S. The van der Waals surface area contributed by atoms with Crippen LogP contribution in [-0.2, 0) is 16.4 Å². The van der Waals surface area contributed by atoms with Crippen molar-refractivity contribution in [1.29, 1.82) is 0 Å². The number of benzene rings is 2. The van der Waals surface area contributed by atoms with Crippen molar-refractivity contribution in [3.63, 3.8) is 0 Å². The maximum absolute atomic E-state index is 14.0. The minimum Gasteiger partial charge on any atom is -0.493 e. The van der Waals surface area contributed by atoms with E-state index in [4.69, 9.17) is 9.47 Å². The average molecular weight is 449 g/mol. The maximum Gasteiger partial charge on any atom is 0.254 e. The summed E-state index contributed by atoms with van der Waals surface area (Å²) in [5, 5.41) is 0. The van der Waals surface area contributed by atoms with Gasteiger partial charge < -0.3 is 14.4 Å². The first-order valence-corrected chi connectivity index (χ1v) is 11.2. The van der Waals surface area contributed by atoms with Gasteiger partial charge in [0.05, 0.1) is 14.2 Å². The molecule has 2 aromatic rings. The summed E-state index contributed by atoms with van der Waals surface area (Å²) < 4.78 is 51.5. The first-order chi connectivity index (χ1) is 14.8. The highest BCUT2D eigenvalue weighted by atomic mass is 32.2. The van der Waals surface area contributed by atoms with Crippen LogP contribution in [0.25, 0.3) is 0 Å². The van der Waals surface area contributed by atoms with Gasteiger partial charge in [0.15, 0.2) is 11.5 Å². The van der Waals surface area contributed by atoms with Crippen LogP contribution in [0.2, 0.25) is 0 Å². The highest BCUT2D eigenvalue weighted by molar-refractivity contribution is 7.89. The van der Waals surface area contributed by atoms with Gasteiger partial charge in [-0.15, -0.1) is 6.58 Å². The van der Waals surface area contributed by atoms with Crippen LogP contribution < -0.4 is 9.47 Å². The minimum absolute atomic E-state index is 0.0786. The number of nitrogens with zero attached hydrogens (tertiary/aromatic N) is 2. The molecule has 0 aromatic heterocycles. The number of rotatable bonds is 7. The van der Waals surface area contributed by atoms with E-state index in [2.05, 4.69) is 6.58 Å². The van der Waals surface area contributed by atoms with Crippen molar-refractivity contribution in [2.75, 3.05) is 40.4 Å². The summed E-state index contributed by atoms with van der Waals surface area (Å²) in [7, 11) is -0.942. The van der Waals surface area contributed by atoms with Gasteiger partial charge in [0, 0.05) is 37.3 Å². The van der Waals surface area contributed by atoms with Gasteiger partial charge >= 0.3 is 0 Å². The molecule has 1 aliphatic heterocycles. The fourth-order valence-electron chi connectivity index (χ4n) is 3.58. The predicted molar refractivity (Wildman–Crippen MR) is 115 cm³/mol. The Morgan fingerprint density at radius 1 is 1.13 bits per heavy atom. The van der Waals surface area contributed by atoms with Crippen LogP contribution in [0.4, 0.5) is 4.39 Å². The summed E-state index contributed by atoms with van der Waals surface area (Å²) in [6.45, 7) is 4.27. The Morgan fingerprint density at radius 2 is 1.81 bits per heavy atom. The molecule has 31 heavy (non-hydrogen) atoms. The van der Waals surface area contributed by atoms with Gasteiger partial charge in [-0.25, -0.2) is 12.8 Å². The topological polar surface area (TPSA) is 76.2 Å². The zero-order chi connectivity index (χ0) is 22.6. The molecule has 1 amide bonds. The van der Waals surface area contributed by atoms with E-state index in [0.717, 1.165) is 11.6 Å². The van der Waals surface area contributed by atoms with Crippen molar-refractivity contribution in [3.8, 4) is 11.5 Å². The monoisotopic (exact) mass is 448 g/mol. The minimum atomic E-state index is -3.97. The van der Waals surface area contributed by atoms with Crippen molar-refractivity contribution >= 4 is 15.9 Å². The van der Waals surface area contributed by atoms with Crippen molar-refractivity contribution in [2.45, 2.75) is 11.3 Å². The number of halogens is 1. The maximum atomic E-state index is 14.0. The Labute approximate surface area is 181 Å². The molecule has 0 N–H and O–H groups in total. The number of hydrogen-bond acceptors (Lipinski definition) is 5. The van der Waals surface area contributed by atoms with E-state index in [9.17, 15) is 17.6 Å². The number of amides is 1. The number of sulfonamides is 1. The van der Waals surface area contributed by atoms with Gasteiger partial charge in [0.1, 0.15) is 10.7 Å². The standard InChI is InChI=1S/C22H25FN2O5S/c1-4-7-16-14-17(15-19(29-2)21(16)30-3)22(26)24-10-12-25(13-11-24)31(27,28)20-9-6-5-8-18(20)23/h4-6,8-9,14-15H,1,7,10-13H2,2-3H3. The van der Waals surface area contributed by atoms with Gasteiger partial charge in [-0.2, -0.15) is 4.31 Å². The Kier molecular flexibility index (Phi) is 6.97. The van der Waals surface area contributed by atoms with Crippen LogP contribution in [-0.4, -0.2) is 63.9 Å². The SMILES string of the molecule is C=CCc1cc(C(=O)N2CCN(S(=O)(=O)c3ccccc3F)CC2)cc(OC)c1OC. The zero-order valence-electron chi connectivity index (χ0n) is 17.5. The van der Waals surface area contributed by atoms with Gasteiger partial charge in [-0.05, 0) is 30.7 Å². The Hall–Kier alpha value is -2.91. The van der Waals surface area contributed by atoms with Crippen LogP contribution >= 0.6 is 0 Å². The Bertz CT molecular complexity index is 1080. The van der Waals surface area contributed by atoms with Crippen LogP contribution in [0.1, 0.15) is 15.9 Å². The lowest BCUT2D eigenvalue weighted by molar-refractivity contribution is 0.0697. The molecule has 0 saturated carbocycles. The molecule has 0 atom stereocenters. The molecule has 7 nitrogen and oxygen atoms in total. The third-order valence-electron chi connectivity index (χ3n) is 5.15. The number of carbonyl (C=O) groups excluding carboxylic acids is 1. The van der Waals surface area contributed by atoms with Gasteiger partial charge in [-0.1, -0.05) is 18.2 Å². The smallest absolute Gasteiger partial charge is 0.254 e. The molecule has 0 unspecified atom stereocenters.